The number of hydrogen-bond acceptors (Lipinski definition) is 4. The van der Waals surface area contributed by atoms with E-state index in [1.165, 1.54) is 18.3 Å². The van der Waals surface area contributed by atoms with Gasteiger partial charge < -0.3 is 20.4 Å². The van der Waals surface area contributed by atoms with Gasteiger partial charge in [-0.25, -0.2) is 0 Å². The van der Waals surface area contributed by atoms with E-state index in [1.54, 1.807) is 18.2 Å². The standard InChI is InChI=1S/C14H11N3O4/c18-12-5-8(3-4-15-12)14(20)16-9-1-2-11-10(6-9)17-13(19)7-21-11/h1-6H,7H2,(H,15,18)(H,16,20)(H,17,19). The number of carbonyl (C=O) groups excluding carboxylic acids is 2. The van der Waals surface area contributed by atoms with Gasteiger partial charge in [-0.05, 0) is 24.3 Å². The first-order valence-corrected chi connectivity index (χ1v) is 6.18. The highest BCUT2D eigenvalue weighted by atomic mass is 16.5. The van der Waals surface area contributed by atoms with Gasteiger partial charge in [0.05, 0.1) is 5.69 Å². The van der Waals surface area contributed by atoms with E-state index < -0.39 is 5.91 Å². The maximum Gasteiger partial charge on any atom is 0.262 e. The first-order valence-electron chi connectivity index (χ1n) is 6.18. The summed E-state index contributed by atoms with van der Waals surface area (Å²) in [5.41, 5.74) is 0.880. The molecule has 0 spiro atoms. The van der Waals surface area contributed by atoms with Crippen LogP contribution in [-0.4, -0.2) is 23.4 Å². The molecule has 2 amide bonds. The van der Waals surface area contributed by atoms with Crippen LogP contribution in [0.4, 0.5) is 11.4 Å². The number of carbonyl (C=O) groups is 2. The van der Waals surface area contributed by atoms with Gasteiger partial charge in [0, 0.05) is 23.5 Å². The van der Waals surface area contributed by atoms with Crippen molar-refractivity contribution in [1.29, 1.82) is 0 Å². The molecule has 7 nitrogen and oxygen atoms in total. The van der Waals surface area contributed by atoms with Gasteiger partial charge in [0.25, 0.3) is 11.8 Å². The Kier molecular flexibility index (Phi) is 3.15. The maximum absolute atomic E-state index is 12.0. The van der Waals surface area contributed by atoms with Crippen molar-refractivity contribution >= 4 is 23.2 Å². The Balaban J connectivity index is 1.82. The highest BCUT2D eigenvalue weighted by Crippen LogP contribution is 2.30. The van der Waals surface area contributed by atoms with Crippen molar-refractivity contribution in [2.75, 3.05) is 17.2 Å². The number of fused-ring (bicyclic) bond motifs is 1. The minimum atomic E-state index is -0.413. The molecule has 0 atom stereocenters. The predicted molar refractivity (Wildman–Crippen MR) is 75.6 cm³/mol. The Morgan fingerprint density at radius 1 is 1.19 bits per heavy atom. The van der Waals surface area contributed by atoms with Gasteiger partial charge in [-0.1, -0.05) is 0 Å². The summed E-state index contributed by atoms with van der Waals surface area (Å²) in [5, 5.41) is 5.30. The van der Waals surface area contributed by atoms with Crippen LogP contribution in [-0.2, 0) is 4.79 Å². The average molecular weight is 285 g/mol. The van der Waals surface area contributed by atoms with Crippen molar-refractivity contribution in [2.45, 2.75) is 0 Å². The van der Waals surface area contributed by atoms with Gasteiger partial charge in [-0.3, -0.25) is 14.4 Å². The highest BCUT2D eigenvalue weighted by molar-refractivity contribution is 6.05. The molecule has 1 aliphatic heterocycles. The fourth-order valence-corrected chi connectivity index (χ4v) is 1.95. The van der Waals surface area contributed by atoms with Crippen molar-refractivity contribution < 1.29 is 14.3 Å². The predicted octanol–water partition coefficient (Wildman–Crippen LogP) is 0.958. The lowest BCUT2D eigenvalue weighted by Gasteiger charge is -2.18. The van der Waals surface area contributed by atoms with Crippen molar-refractivity contribution in [3.8, 4) is 5.75 Å². The van der Waals surface area contributed by atoms with E-state index in [2.05, 4.69) is 15.6 Å². The third-order valence-corrected chi connectivity index (χ3v) is 2.91. The summed E-state index contributed by atoms with van der Waals surface area (Å²) in [6.07, 6.45) is 1.40. The number of aromatic amines is 1. The zero-order valence-electron chi connectivity index (χ0n) is 10.8. The van der Waals surface area contributed by atoms with Gasteiger partial charge in [0.15, 0.2) is 6.61 Å². The molecule has 2 heterocycles. The van der Waals surface area contributed by atoms with Crippen molar-refractivity contribution in [2.24, 2.45) is 0 Å². The van der Waals surface area contributed by atoms with E-state index in [-0.39, 0.29) is 23.6 Å². The number of aromatic nitrogens is 1. The molecule has 1 aliphatic rings. The molecule has 7 heteroatoms. The van der Waals surface area contributed by atoms with Crippen LogP contribution in [0.25, 0.3) is 0 Å². The molecule has 0 saturated heterocycles. The Bertz CT molecular complexity index is 782. The van der Waals surface area contributed by atoms with E-state index in [0.29, 0.717) is 17.1 Å². The molecule has 21 heavy (non-hydrogen) atoms. The topological polar surface area (TPSA) is 100 Å². The molecule has 0 bridgehead atoms. The lowest BCUT2D eigenvalue weighted by Crippen LogP contribution is -2.25. The molecule has 0 radical (unpaired) electrons. The number of benzene rings is 1. The second kappa shape index (κ2) is 5.12. The van der Waals surface area contributed by atoms with Crippen LogP contribution >= 0.6 is 0 Å². The first kappa shape index (κ1) is 12.9. The Hall–Kier alpha value is -3.09. The summed E-state index contributed by atoms with van der Waals surface area (Å²) in [7, 11) is 0. The quantitative estimate of drug-likeness (QED) is 0.765. The van der Waals surface area contributed by atoms with Crippen molar-refractivity contribution in [3.05, 3.63) is 52.4 Å². The largest absolute Gasteiger partial charge is 0.482 e. The van der Waals surface area contributed by atoms with Crippen molar-refractivity contribution in [1.82, 2.24) is 4.98 Å². The lowest BCUT2D eigenvalue weighted by molar-refractivity contribution is -0.118. The number of ether oxygens (including phenoxy) is 1. The molecule has 0 saturated carbocycles. The van der Waals surface area contributed by atoms with Crippen LogP contribution in [0.5, 0.6) is 5.75 Å². The minimum Gasteiger partial charge on any atom is -0.482 e. The Morgan fingerprint density at radius 3 is 2.86 bits per heavy atom. The summed E-state index contributed by atoms with van der Waals surface area (Å²) in [4.78, 5) is 36.9. The fourth-order valence-electron chi connectivity index (χ4n) is 1.95. The molecule has 3 N–H and O–H groups in total. The van der Waals surface area contributed by atoms with Gasteiger partial charge in [0.1, 0.15) is 5.75 Å². The second-order valence-corrected chi connectivity index (χ2v) is 4.44. The zero-order chi connectivity index (χ0) is 14.8. The van der Waals surface area contributed by atoms with Crippen LogP contribution in [0.15, 0.2) is 41.3 Å². The highest BCUT2D eigenvalue weighted by Gasteiger charge is 2.16. The van der Waals surface area contributed by atoms with E-state index in [0.717, 1.165) is 0 Å². The minimum absolute atomic E-state index is 0.0223. The molecular weight excluding hydrogens is 274 g/mol. The summed E-state index contributed by atoms with van der Waals surface area (Å²) < 4.78 is 5.23. The number of pyridine rings is 1. The number of nitrogens with one attached hydrogen (secondary N) is 3. The van der Waals surface area contributed by atoms with Crippen LogP contribution in [0.2, 0.25) is 0 Å². The SMILES string of the molecule is O=C1COc2ccc(NC(=O)c3cc[nH]c(=O)c3)cc2N1. The summed E-state index contributed by atoms with van der Waals surface area (Å²) in [6, 6.07) is 7.61. The monoisotopic (exact) mass is 285 g/mol. The van der Waals surface area contributed by atoms with Gasteiger partial charge in [0.2, 0.25) is 5.56 Å². The molecule has 0 unspecified atom stereocenters. The maximum atomic E-state index is 12.0. The van der Waals surface area contributed by atoms with Crippen LogP contribution in [0, 0.1) is 0 Å². The summed E-state index contributed by atoms with van der Waals surface area (Å²) in [6.45, 7) is -0.0223. The molecule has 106 valence electrons. The lowest BCUT2D eigenvalue weighted by atomic mass is 10.2. The molecule has 0 fully saturated rings. The van der Waals surface area contributed by atoms with Gasteiger partial charge in [-0.15, -0.1) is 0 Å². The molecular formula is C14H11N3O4. The third-order valence-electron chi connectivity index (χ3n) is 2.91. The van der Waals surface area contributed by atoms with Crippen molar-refractivity contribution in [3.63, 3.8) is 0 Å². The third kappa shape index (κ3) is 2.76. The van der Waals surface area contributed by atoms with E-state index in [9.17, 15) is 14.4 Å². The molecule has 1 aromatic carbocycles. The second-order valence-electron chi connectivity index (χ2n) is 4.44. The fraction of sp³-hybridized carbons (Fsp3) is 0.0714. The Labute approximate surface area is 118 Å². The van der Waals surface area contributed by atoms with E-state index in [1.807, 2.05) is 0 Å². The molecule has 3 rings (SSSR count). The van der Waals surface area contributed by atoms with E-state index >= 15 is 0 Å². The van der Waals surface area contributed by atoms with Gasteiger partial charge >= 0.3 is 0 Å². The molecule has 1 aromatic heterocycles. The average Bonchev–Trinajstić information content (AvgIpc) is 2.46. The molecule has 2 aromatic rings. The first-order chi connectivity index (χ1) is 10.1. The Morgan fingerprint density at radius 2 is 2.05 bits per heavy atom. The van der Waals surface area contributed by atoms with Gasteiger partial charge in [-0.2, -0.15) is 0 Å². The molecule has 0 aliphatic carbocycles. The van der Waals surface area contributed by atoms with Crippen LogP contribution in [0.1, 0.15) is 10.4 Å². The number of H-pyrrole nitrogens is 1. The summed E-state index contributed by atoms with van der Waals surface area (Å²) >= 11 is 0. The van der Waals surface area contributed by atoms with Crippen LogP contribution in [0.3, 0.4) is 0 Å². The zero-order valence-corrected chi connectivity index (χ0v) is 10.8. The van der Waals surface area contributed by atoms with Crippen LogP contribution < -0.4 is 20.9 Å². The number of amides is 2. The normalized spacial score (nSPS) is 12.9. The number of hydrogen-bond donors (Lipinski definition) is 3. The van der Waals surface area contributed by atoms with E-state index in [4.69, 9.17) is 4.74 Å². The number of rotatable bonds is 2. The smallest absolute Gasteiger partial charge is 0.262 e. The summed E-state index contributed by atoms with van der Waals surface area (Å²) in [5.74, 6) is -0.117. The number of anilines is 2.